The lowest BCUT2D eigenvalue weighted by atomic mass is 10.4. The van der Waals surface area contributed by atoms with Gasteiger partial charge < -0.3 is 11.5 Å². The number of nitrogen functional groups attached to an aromatic ring is 2. The predicted octanol–water partition coefficient (Wildman–Crippen LogP) is 0.448. The molecule has 0 fully saturated rings. The summed E-state index contributed by atoms with van der Waals surface area (Å²) in [5.74, 6) is 0.303. The Morgan fingerprint density at radius 1 is 1.33 bits per heavy atom. The highest BCUT2D eigenvalue weighted by molar-refractivity contribution is 14.1. The molecule has 0 spiro atoms. The molecule has 12 heavy (non-hydrogen) atoms. The van der Waals surface area contributed by atoms with Crippen molar-refractivity contribution in [2.24, 2.45) is 0 Å². The van der Waals surface area contributed by atoms with Crippen LogP contribution in [-0.2, 0) is 0 Å². The van der Waals surface area contributed by atoms with Gasteiger partial charge in [0.2, 0.25) is 0 Å². The van der Waals surface area contributed by atoms with Crippen LogP contribution in [0, 0.1) is 3.57 Å². The summed E-state index contributed by atoms with van der Waals surface area (Å²) in [7, 11) is 0. The van der Waals surface area contributed by atoms with Gasteiger partial charge in [0.25, 0.3) is 0 Å². The maximum Gasteiger partial charge on any atom is 0.199 e. The lowest BCUT2D eigenvalue weighted by molar-refractivity contribution is 0.100. The number of halogens is 1. The Balaban J connectivity index is 3.31. The van der Waals surface area contributed by atoms with Gasteiger partial charge in [-0.15, -0.1) is 0 Å². The first kappa shape index (κ1) is 9.17. The van der Waals surface area contributed by atoms with Gasteiger partial charge in [-0.2, -0.15) is 0 Å². The van der Waals surface area contributed by atoms with E-state index in [0.29, 0.717) is 3.57 Å². The van der Waals surface area contributed by atoms with E-state index in [1.54, 1.807) is 0 Å². The maximum atomic E-state index is 10.8. The van der Waals surface area contributed by atoms with Gasteiger partial charge in [-0.05, 0) is 22.6 Å². The number of nitrogens with two attached hydrogens (primary N) is 2. The van der Waals surface area contributed by atoms with E-state index in [1.807, 2.05) is 22.6 Å². The predicted molar refractivity (Wildman–Crippen MR) is 53.6 cm³/mol. The molecule has 6 heteroatoms. The first-order valence-corrected chi connectivity index (χ1v) is 4.19. The highest BCUT2D eigenvalue weighted by Crippen LogP contribution is 2.17. The second-order valence-electron chi connectivity index (χ2n) is 2.19. The number of ketones is 1. The number of rotatable bonds is 1. The molecule has 0 bridgehead atoms. The quantitative estimate of drug-likeness (QED) is 0.574. The lowest BCUT2D eigenvalue weighted by Gasteiger charge is -2.01. The van der Waals surface area contributed by atoms with E-state index in [0.717, 1.165) is 0 Å². The van der Waals surface area contributed by atoms with Crippen LogP contribution in [0.15, 0.2) is 0 Å². The number of carbonyl (C=O) groups excluding carboxylic acids is 1. The molecule has 0 amide bonds. The van der Waals surface area contributed by atoms with Crippen molar-refractivity contribution in [3.05, 3.63) is 9.39 Å². The van der Waals surface area contributed by atoms with Gasteiger partial charge in [0.15, 0.2) is 11.6 Å². The fourth-order valence-electron chi connectivity index (χ4n) is 0.640. The Morgan fingerprint density at radius 3 is 2.08 bits per heavy atom. The average molecular weight is 278 g/mol. The molecule has 0 radical (unpaired) electrons. The summed E-state index contributed by atoms with van der Waals surface area (Å²) in [5, 5.41) is 0. The molecule has 0 unspecified atom stereocenters. The Bertz CT molecular complexity index is 315. The van der Waals surface area contributed by atoms with Crippen molar-refractivity contribution in [2.45, 2.75) is 6.92 Å². The van der Waals surface area contributed by atoms with Crippen molar-refractivity contribution in [1.82, 2.24) is 9.97 Å². The second kappa shape index (κ2) is 3.21. The zero-order chi connectivity index (χ0) is 9.30. The van der Waals surface area contributed by atoms with Gasteiger partial charge in [0.05, 0.1) is 3.57 Å². The van der Waals surface area contributed by atoms with Gasteiger partial charge >= 0.3 is 0 Å². The highest BCUT2D eigenvalue weighted by atomic mass is 127. The van der Waals surface area contributed by atoms with Crippen LogP contribution >= 0.6 is 22.6 Å². The molecule has 0 aromatic carbocycles. The van der Waals surface area contributed by atoms with Gasteiger partial charge in [-0.3, -0.25) is 4.79 Å². The smallest absolute Gasteiger partial charge is 0.199 e. The zero-order valence-electron chi connectivity index (χ0n) is 6.34. The Hall–Kier alpha value is -0.920. The number of Topliss-reactive ketones (excluding diaryl/α,β-unsaturated/α-hetero) is 1. The fourth-order valence-corrected chi connectivity index (χ4v) is 0.881. The van der Waals surface area contributed by atoms with Crippen LogP contribution in [-0.4, -0.2) is 15.8 Å². The molecule has 1 rings (SSSR count). The van der Waals surface area contributed by atoms with Crippen LogP contribution < -0.4 is 11.5 Å². The molecule has 5 nitrogen and oxygen atoms in total. The van der Waals surface area contributed by atoms with E-state index in [4.69, 9.17) is 11.5 Å². The SMILES string of the molecule is CC(=O)c1nc(N)c(I)c(N)n1. The normalized spacial score (nSPS) is 9.83. The van der Waals surface area contributed by atoms with Crippen molar-refractivity contribution < 1.29 is 4.79 Å². The summed E-state index contributed by atoms with van der Waals surface area (Å²) in [5.41, 5.74) is 10.9. The van der Waals surface area contributed by atoms with Crippen molar-refractivity contribution >= 4 is 40.0 Å². The van der Waals surface area contributed by atoms with Crippen molar-refractivity contribution in [3.8, 4) is 0 Å². The highest BCUT2D eigenvalue weighted by Gasteiger charge is 2.09. The molecule has 4 N–H and O–H groups in total. The summed E-state index contributed by atoms with van der Waals surface area (Å²) in [6, 6.07) is 0. The average Bonchev–Trinajstić information content (AvgIpc) is 1.99. The Labute approximate surface area is 82.7 Å². The van der Waals surface area contributed by atoms with Gasteiger partial charge in [-0.25, -0.2) is 9.97 Å². The van der Waals surface area contributed by atoms with E-state index < -0.39 is 0 Å². The molecule has 0 saturated carbocycles. The van der Waals surface area contributed by atoms with Gasteiger partial charge in [-0.1, -0.05) is 0 Å². The van der Waals surface area contributed by atoms with Crippen LogP contribution in [0.3, 0.4) is 0 Å². The molecule has 0 aliphatic rings. The topological polar surface area (TPSA) is 94.9 Å². The number of nitrogens with zero attached hydrogens (tertiary/aromatic N) is 2. The van der Waals surface area contributed by atoms with Crippen molar-refractivity contribution in [2.75, 3.05) is 11.5 Å². The molecule has 1 heterocycles. The Kier molecular flexibility index (Phi) is 2.46. The van der Waals surface area contributed by atoms with E-state index in [9.17, 15) is 4.79 Å². The minimum atomic E-state index is -0.246. The van der Waals surface area contributed by atoms with Crippen LogP contribution in [0.2, 0.25) is 0 Å². The third-order valence-electron chi connectivity index (χ3n) is 1.22. The van der Waals surface area contributed by atoms with Crippen LogP contribution in [0.1, 0.15) is 17.5 Å². The standard InChI is InChI=1S/C6H7IN4O/c1-2(12)6-10-4(8)3(7)5(9)11-6/h1H3,(H4,8,9,10,11). The summed E-state index contributed by atoms with van der Waals surface area (Å²) in [6.45, 7) is 1.36. The fraction of sp³-hybridized carbons (Fsp3) is 0.167. The number of anilines is 2. The third-order valence-corrected chi connectivity index (χ3v) is 2.32. The molecule has 0 aliphatic carbocycles. The largest absolute Gasteiger partial charge is 0.383 e. The minimum Gasteiger partial charge on any atom is -0.383 e. The molecule has 1 aromatic heterocycles. The zero-order valence-corrected chi connectivity index (χ0v) is 8.49. The van der Waals surface area contributed by atoms with Crippen LogP contribution in [0.25, 0.3) is 0 Å². The summed E-state index contributed by atoms with van der Waals surface area (Å²) >= 11 is 1.92. The molecule has 0 saturated heterocycles. The number of hydrogen-bond donors (Lipinski definition) is 2. The molecular weight excluding hydrogens is 271 g/mol. The number of aromatic nitrogens is 2. The molecule has 0 aliphatic heterocycles. The van der Waals surface area contributed by atoms with Crippen molar-refractivity contribution in [1.29, 1.82) is 0 Å². The van der Waals surface area contributed by atoms with E-state index in [-0.39, 0.29) is 23.2 Å². The number of carbonyl (C=O) groups is 1. The van der Waals surface area contributed by atoms with Gasteiger partial charge in [0, 0.05) is 6.92 Å². The van der Waals surface area contributed by atoms with E-state index in [2.05, 4.69) is 9.97 Å². The monoisotopic (exact) mass is 278 g/mol. The van der Waals surface area contributed by atoms with E-state index >= 15 is 0 Å². The number of hydrogen-bond acceptors (Lipinski definition) is 5. The molecule has 1 aromatic rings. The molecule has 0 atom stereocenters. The van der Waals surface area contributed by atoms with Crippen LogP contribution in [0.5, 0.6) is 0 Å². The Morgan fingerprint density at radius 2 is 1.75 bits per heavy atom. The van der Waals surface area contributed by atoms with Crippen LogP contribution in [0.4, 0.5) is 11.6 Å². The van der Waals surface area contributed by atoms with Gasteiger partial charge in [0.1, 0.15) is 11.6 Å². The third kappa shape index (κ3) is 1.63. The first-order valence-electron chi connectivity index (χ1n) is 3.11. The molecule has 64 valence electrons. The summed E-state index contributed by atoms with van der Waals surface area (Å²) in [4.78, 5) is 18.3. The maximum absolute atomic E-state index is 10.8. The first-order chi connectivity index (χ1) is 5.52. The molecular formula is C6H7IN4O. The second-order valence-corrected chi connectivity index (χ2v) is 3.27. The van der Waals surface area contributed by atoms with E-state index in [1.165, 1.54) is 6.92 Å². The lowest BCUT2D eigenvalue weighted by Crippen LogP contribution is -2.09. The summed E-state index contributed by atoms with van der Waals surface area (Å²) in [6.07, 6.45) is 0. The minimum absolute atomic E-state index is 0.0606. The summed E-state index contributed by atoms with van der Waals surface area (Å²) < 4.78 is 0.581. The van der Waals surface area contributed by atoms with Crippen molar-refractivity contribution in [3.63, 3.8) is 0 Å².